The van der Waals surface area contributed by atoms with Crippen LogP contribution in [0.15, 0.2) is 41.6 Å². The first-order valence-corrected chi connectivity index (χ1v) is 7.03. The van der Waals surface area contributed by atoms with Crippen molar-refractivity contribution in [3.8, 4) is 0 Å². The third kappa shape index (κ3) is 2.84. The Hall–Kier alpha value is -0.533. The van der Waals surface area contributed by atoms with Crippen LogP contribution in [-0.2, 0) is 0 Å². The van der Waals surface area contributed by atoms with E-state index in [1.54, 1.807) is 0 Å². The molecule has 1 atom stereocenters. The zero-order chi connectivity index (χ0) is 8.97. The molecule has 0 radical (unpaired) electrons. The lowest BCUT2D eigenvalue weighted by molar-refractivity contribution is 1.41. The second-order valence-corrected chi connectivity index (χ2v) is 6.27. The van der Waals surface area contributed by atoms with E-state index in [0.717, 1.165) is 0 Å². The van der Waals surface area contributed by atoms with E-state index in [9.17, 15) is 0 Å². The number of halogens is 1. The summed E-state index contributed by atoms with van der Waals surface area (Å²) in [5, 5.41) is 1.29. The van der Waals surface area contributed by atoms with E-state index in [1.807, 2.05) is 18.2 Å². The fourth-order valence-electron chi connectivity index (χ4n) is 1.03. The second-order valence-electron chi connectivity index (χ2n) is 3.06. The van der Waals surface area contributed by atoms with Gasteiger partial charge in [0.2, 0.25) is 0 Å². The first-order valence-electron chi connectivity index (χ1n) is 4.04. The molecule has 0 aromatic heterocycles. The predicted molar refractivity (Wildman–Crippen MR) is 58.5 cm³/mol. The van der Waals surface area contributed by atoms with Crippen molar-refractivity contribution >= 4 is 24.4 Å². The third-order valence-electron chi connectivity index (χ3n) is 1.60. The fraction of sp³-hybridized carbons (Fsp3) is 0.200. The third-order valence-corrected chi connectivity index (χ3v) is 4.71. The first-order chi connectivity index (χ1) is 5.70. The SMILES string of the molecule is CC(C)=C[SiH](Cl)c1ccccc1. The molecule has 0 heterocycles. The molecular formula is C10H13ClSi. The molecule has 0 fully saturated rings. The Morgan fingerprint density at radius 1 is 1.25 bits per heavy atom. The van der Waals surface area contributed by atoms with Gasteiger partial charge in [-0.25, -0.2) is 0 Å². The van der Waals surface area contributed by atoms with E-state index in [1.165, 1.54) is 10.8 Å². The van der Waals surface area contributed by atoms with Crippen LogP contribution in [0.1, 0.15) is 13.8 Å². The molecule has 0 aliphatic heterocycles. The first kappa shape index (κ1) is 9.55. The Bertz CT molecular complexity index is 262. The number of allylic oxidation sites excluding steroid dienone is 1. The molecule has 0 nitrogen and oxygen atoms in total. The van der Waals surface area contributed by atoms with Crippen LogP contribution in [0, 0.1) is 0 Å². The smallest absolute Gasteiger partial charge is 0.160 e. The summed E-state index contributed by atoms with van der Waals surface area (Å²) >= 11 is 6.26. The molecule has 1 rings (SSSR count). The van der Waals surface area contributed by atoms with Gasteiger partial charge in [-0.15, -0.1) is 0 Å². The zero-order valence-electron chi connectivity index (χ0n) is 7.42. The molecule has 0 saturated carbocycles. The van der Waals surface area contributed by atoms with Crippen molar-refractivity contribution < 1.29 is 0 Å². The monoisotopic (exact) mass is 196 g/mol. The molecule has 0 spiro atoms. The average Bonchev–Trinajstić information content (AvgIpc) is 2.05. The van der Waals surface area contributed by atoms with Gasteiger partial charge in [-0.05, 0) is 19.0 Å². The topological polar surface area (TPSA) is 0 Å². The highest BCUT2D eigenvalue weighted by atomic mass is 35.6. The molecule has 64 valence electrons. The molecule has 1 aromatic rings. The van der Waals surface area contributed by atoms with Crippen molar-refractivity contribution in [3.05, 3.63) is 41.6 Å². The Morgan fingerprint density at radius 2 is 1.83 bits per heavy atom. The van der Waals surface area contributed by atoms with Gasteiger partial charge in [0.15, 0.2) is 8.11 Å². The molecule has 0 N–H and O–H groups in total. The molecule has 0 saturated heterocycles. The lowest BCUT2D eigenvalue weighted by Gasteiger charge is -2.02. The molecule has 12 heavy (non-hydrogen) atoms. The molecule has 0 bridgehead atoms. The van der Waals surface area contributed by atoms with Crippen LogP contribution in [0.5, 0.6) is 0 Å². The van der Waals surface area contributed by atoms with Crippen molar-refractivity contribution in [1.29, 1.82) is 0 Å². The lowest BCUT2D eigenvalue weighted by atomic mass is 10.4. The van der Waals surface area contributed by atoms with E-state index in [-0.39, 0.29) is 0 Å². The molecule has 0 amide bonds. The highest BCUT2D eigenvalue weighted by Gasteiger charge is 2.04. The minimum Gasteiger partial charge on any atom is -0.160 e. The molecule has 0 aliphatic rings. The summed E-state index contributed by atoms with van der Waals surface area (Å²) in [5.41, 5.74) is 3.50. The summed E-state index contributed by atoms with van der Waals surface area (Å²) < 4.78 is 0. The maximum absolute atomic E-state index is 6.26. The number of rotatable bonds is 2. The minimum absolute atomic E-state index is 1.29. The van der Waals surface area contributed by atoms with Crippen LogP contribution in [-0.4, -0.2) is 8.11 Å². The zero-order valence-corrected chi connectivity index (χ0v) is 9.33. The van der Waals surface area contributed by atoms with Gasteiger partial charge in [-0.1, -0.05) is 41.6 Å². The lowest BCUT2D eigenvalue weighted by Crippen LogP contribution is -2.21. The quantitative estimate of drug-likeness (QED) is 0.504. The second kappa shape index (κ2) is 4.48. The van der Waals surface area contributed by atoms with Crippen molar-refractivity contribution in [3.63, 3.8) is 0 Å². The number of hydrogen-bond donors (Lipinski definition) is 0. The maximum Gasteiger partial charge on any atom is 0.194 e. The van der Waals surface area contributed by atoms with E-state index >= 15 is 0 Å². The number of benzene rings is 1. The van der Waals surface area contributed by atoms with Gasteiger partial charge >= 0.3 is 0 Å². The number of hydrogen-bond acceptors (Lipinski definition) is 0. The Kier molecular flexibility index (Phi) is 3.57. The van der Waals surface area contributed by atoms with Gasteiger partial charge < -0.3 is 0 Å². The summed E-state index contributed by atoms with van der Waals surface area (Å²) in [6.45, 7) is 4.18. The Balaban J connectivity index is 2.79. The van der Waals surface area contributed by atoms with Gasteiger partial charge in [0.25, 0.3) is 0 Å². The highest BCUT2D eigenvalue weighted by Crippen LogP contribution is 1.99. The van der Waals surface area contributed by atoms with Gasteiger partial charge in [0, 0.05) is 0 Å². The molecule has 2 heteroatoms. The summed E-state index contributed by atoms with van der Waals surface area (Å²) in [5.74, 6) is 0. The van der Waals surface area contributed by atoms with Crippen LogP contribution >= 0.6 is 11.1 Å². The highest BCUT2D eigenvalue weighted by molar-refractivity contribution is 7.17. The molecule has 0 aliphatic carbocycles. The normalized spacial score (nSPS) is 12.2. The van der Waals surface area contributed by atoms with Gasteiger partial charge in [-0.3, -0.25) is 0 Å². The van der Waals surface area contributed by atoms with Crippen molar-refractivity contribution in [2.24, 2.45) is 0 Å². The van der Waals surface area contributed by atoms with Crippen LogP contribution in [0.2, 0.25) is 0 Å². The van der Waals surface area contributed by atoms with Crippen LogP contribution < -0.4 is 5.19 Å². The molecule has 1 aromatic carbocycles. The average molecular weight is 197 g/mol. The van der Waals surface area contributed by atoms with Gasteiger partial charge in [0.1, 0.15) is 0 Å². The van der Waals surface area contributed by atoms with Crippen molar-refractivity contribution in [2.75, 3.05) is 0 Å². The van der Waals surface area contributed by atoms with Crippen LogP contribution in [0.4, 0.5) is 0 Å². The van der Waals surface area contributed by atoms with Gasteiger partial charge in [-0.2, -0.15) is 11.1 Å². The predicted octanol–water partition coefficient (Wildman–Crippen LogP) is 2.36. The largest absolute Gasteiger partial charge is 0.194 e. The summed E-state index contributed by atoms with van der Waals surface area (Å²) in [4.78, 5) is 0. The summed E-state index contributed by atoms with van der Waals surface area (Å²) in [6.07, 6.45) is 0. The molecule has 1 unspecified atom stereocenters. The maximum atomic E-state index is 6.26. The van der Waals surface area contributed by atoms with Gasteiger partial charge in [0.05, 0.1) is 0 Å². The van der Waals surface area contributed by atoms with E-state index in [0.29, 0.717) is 0 Å². The Labute approximate surface area is 80.2 Å². The van der Waals surface area contributed by atoms with Crippen molar-refractivity contribution in [2.45, 2.75) is 13.8 Å². The van der Waals surface area contributed by atoms with E-state index < -0.39 is 8.11 Å². The molecular weight excluding hydrogens is 184 g/mol. The van der Waals surface area contributed by atoms with Crippen LogP contribution in [0.3, 0.4) is 0 Å². The van der Waals surface area contributed by atoms with Crippen LogP contribution in [0.25, 0.3) is 0 Å². The fourth-order valence-corrected chi connectivity index (χ4v) is 3.59. The summed E-state index contributed by atoms with van der Waals surface area (Å²) in [6, 6.07) is 10.3. The summed E-state index contributed by atoms with van der Waals surface area (Å²) in [7, 11) is -1.31. The Morgan fingerprint density at radius 3 is 2.33 bits per heavy atom. The standard InChI is InChI=1S/C10H13ClSi/c1-9(2)8-12(11)10-6-4-3-5-7-10/h3-8,12H,1-2H3. The van der Waals surface area contributed by atoms with E-state index in [4.69, 9.17) is 11.1 Å². The minimum atomic E-state index is -1.31. The van der Waals surface area contributed by atoms with Crippen molar-refractivity contribution in [1.82, 2.24) is 0 Å². The van der Waals surface area contributed by atoms with E-state index in [2.05, 4.69) is 31.7 Å².